The summed E-state index contributed by atoms with van der Waals surface area (Å²) >= 11 is 0. The minimum Gasteiger partial charge on any atom is -0.319 e. The highest BCUT2D eigenvalue weighted by molar-refractivity contribution is 7.89. The Bertz CT molecular complexity index is 742. The van der Waals surface area contributed by atoms with E-state index in [0.29, 0.717) is 5.41 Å². The molecule has 3 nitrogen and oxygen atoms in total. The molecule has 0 unspecified atom stereocenters. The molecule has 0 heterocycles. The monoisotopic (exact) mass is 500 g/mol. The quantitative estimate of drug-likeness (QED) is 0.315. The molecule has 0 saturated heterocycles. The van der Waals surface area contributed by atoms with Crippen molar-refractivity contribution in [2.24, 2.45) is 10.8 Å². The molecule has 0 aromatic heterocycles. The number of hydrogen-bond donors (Lipinski definition) is 0. The highest BCUT2D eigenvalue weighted by Crippen LogP contribution is 2.49. The number of sulfone groups is 1. The van der Waals surface area contributed by atoms with Gasteiger partial charge in [0.25, 0.3) is 0 Å². The molecule has 0 spiro atoms. The van der Waals surface area contributed by atoms with Crippen LogP contribution in [0, 0.1) is 10.8 Å². The first kappa shape index (κ1) is 34.6. The van der Waals surface area contributed by atoms with E-state index in [4.69, 9.17) is 0 Å². The van der Waals surface area contributed by atoms with Crippen LogP contribution in [0.1, 0.15) is 41.5 Å². The van der Waals surface area contributed by atoms with Gasteiger partial charge in [-0.25, -0.2) is 8.42 Å². The number of benzene rings is 1. The number of halogens is 6. The molecule has 0 aliphatic carbocycles. The third-order valence-corrected chi connectivity index (χ3v) is 4.34. The normalized spacial score (nSPS) is 12.9. The van der Waals surface area contributed by atoms with Crippen LogP contribution in [0.15, 0.2) is 30.3 Å². The molecular weight excluding hydrogens is 465 g/mol. The molecule has 0 saturated carbocycles. The van der Waals surface area contributed by atoms with Gasteiger partial charge in [0.05, 0.1) is 0 Å². The molecule has 0 aliphatic rings. The van der Waals surface area contributed by atoms with Crippen molar-refractivity contribution in [2.45, 2.75) is 53.9 Å². The van der Waals surface area contributed by atoms with Crippen LogP contribution in [0.5, 0.6) is 0 Å². The fourth-order valence-electron chi connectivity index (χ4n) is 0.948. The Hall–Kier alpha value is -1.02. The van der Waals surface area contributed by atoms with Crippen LogP contribution in [-0.2, 0) is 14.4 Å². The van der Waals surface area contributed by atoms with Crippen LogP contribution in [0.25, 0.3) is 0 Å². The number of hydrogen-bond acceptors (Lipinski definition) is 3. The summed E-state index contributed by atoms with van der Waals surface area (Å²) in [6, 6.07) is 9.56. The second-order valence-electron chi connectivity index (χ2n) is 9.45. The first-order valence-electron chi connectivity index (χ1n) is 9.00. The SMILES string of the molecule is CC(C)(C(F)(F)F)C(F)(F)F.CC(C)(C)C.CP(C)(=O)c1ccccc1.CS(C)(=O)=O. The predicted octanol–water partition coefficient (Wildman–Crippen LogP) is 6.79. The third-order valence-electron chi connectivity index (χ3n) is 2.80. The molecule has 0 amide bonds. The summed E-state index contributed by atoms with van der Waals surface area (Å²) < 4.78 is 100. The molecule has 11 heteroatoms. The summed E-state index contributed by atoms with van der Waals surface area (Å²) in [5.41, 5.74) is -3.12. The second-order valence-corrected chi connectivity index (χ2v) is 15.0. The van der Waals surface area contributed by atoms with Gasteiger partial charge in [-0.3, -0.25) is 0 Å². The van der Waals surface area contributed by atoms with Crippen molar-refractivity contribution >= 4 is 22.3 Å². The van der Waals surface area contributed by atoms with E-state index in [-0.39, 0.29) is 13.8 Å². The van der Waals surface area contributed by atoms with E-state index in [9.17, 15) is 39.3 Å². The zero-order valence-electron chi connectivity index (χ0n) is 19.7. The largest absolute Gasteiger partial charge is 0.402 e. The highest BCUT2D eigenvalue weighted by atomic mass is 32.2. The molecule has 1 aromatic rings. The van der Waals surface area contributed by atoms with Crippen molar-refractivity contribution in [3.63, 3.8) is 0 Å². The predicted molar refractivity (Wildman–Crippen MR) is 117 cm³/mol. The molecule has 0 fully saturated rings. The van der Waals surface area contributed by atoms with Crippen molar-refractivity contribution < 1.29 is 39.3 Å². The van der Waals surface area contributed by atoms with Crippen molar-refractivity contribution in [2.75, 3.05) is 25.8 Å². The van der Waals surface area contributed by atoms with E-state index in [1.165, 1.54) is 0 Å². The van der Waals surface area contributed by atoms with Crippen molar-refractivity contribution in [1.29, 1.82) is 0 Å². The molecule has 1 aromatic carbocycles. The zero-order valence-corrected chi connectivity index (χ0v) is 21.4. The Labute approximate surface area is 182 Å². The maximum atomic E-state index is 11.6. The van der Waals surface area contributed by atoms with Crippen LogP contribution in [0.2, 0.25) is 0 Å². The fourth-order valence-corrected chi connectivity index (χ4v) is 1.84. The first-order valence-corrected chi connectivity index (χ1v) is 13.9. The third kappa shape index (κ3) is 22.0. The Morgan fingerprint density at radius 1 is 0.710 bits per heavy atom. The molecule has 0 bridgehead atoms. The Kier molecular flexibility index (Phi) is 13.7. The Balaban J connectivity index is -0.000000359. The molecule has 31 heavy (non-hydrogen) atoms. The van der Waals surface area contributed by atoms with Gasteiger partial charge in [-0.1, -0.05) is 58.0 Å². The maximum absolute atomic E-state index is 11.6. The minimum absolute atomic E-state index is 0.104. The molecule has 0 atom stereocenters. The van der Waals surface area contributed by atoms with E-state index >= 15 is 0 Å². The molecule has 0 aliphatic heterocycles. The topological polar surface area (TPSA) is 51.2 Å². The number of rotatable bonds is 1. The second kappa shape index (κ2) is 12.3. The van der Waals surface area contributed by atoms with Crippen LogP contribution < -0.4 is 5.30 Å². The fraction of sp³-hybridized carbons (Fsp3) is 0.700. The first-order chi connectivity index (χ1) is 13.1. The average molecular weight is 501 g/mol. The van der Waals surface area contributed by atoms with E-state index < -0.39 is 34.7 Å². The molecule has 0 N–H and O–H groups in total. The van der Waals surface area contributed by atoms with Gasteiger partial charge < -0.3 is 4.57 Å². The van der Waals surface area contributed by atoms with E-state index in [1.807, 2.05) is 30.3 Å². The molecule has 0 radical (unpaired) electrons. The lowest BCUT2D eigenvalue weighted by Gasteiger charge is -2.29. The van der Waals surface area contributed by atoms with Crippen molar-refractivity contribution in [1.82, 2.24) is 0 Å². The smallest absolute Gasteiger partial charge is 0.319 e. The van der Waals surface area contributed by atoms with Crippen LogP contribution >= 0.6 is 7.14 Å². The number of alkyl halides is 6. The molecule has 1 rings (SSSR count). The molecule has 186 valence electrons. The standard InChI is InChI=1S/C8H11OP.C5H6F6.C5H12.C2H6O2S/c1-10(2,9)8-6-4-3-5-7-8;1-3(2,4(6,7)8)5(9,10)11;2*1-5(2,3)4/h3-7H,1-2H3;1-2H3;1-4H3;1-2H3. The van der Waals surface area contributed by atoms with Gasteiger partial charge in [0.15, 0.2) is 5.41 Å². The summed E-state index contributed by atoms with van der Waals surface area (Å²) in [7, 11) is -4.68. The zero-order chi connectivity index (χ0) is 26.1. The van der Waals surface area contributed by atoms with Crippen molar-refractivity contribution in [3.8, 4) is 0 Å². The highest BCUT2D eigenvalue weighted by Gasteiger charge is 2.64. The van der Waals surface area contributed by atoms with Gasteiger partial charge in [0.2, 0.25) is 0 Å². The van der Waals surface area contributed by atoms with Crippen molar-refractivity contribution in [3.05, 3.63) is 30.3 Å². The Morgan fingerprint density at radius 2 is 0.935 bits per heavy atom. The summed E-state index contributed by atoms with van der Waals surface area (Å²) in [5.74, 6) is 0. The van der Waals surface area contributed by atoms with Gasteiger partial charge in [-0.15, -0.1) is 0 Å². The lowest BCUT2D eigenvalue weighted by atomic mass is 9.92. The van der Waals surface area contributed by atoms with E-state index in [0.717, 1.165) is 17.8 Å². The van der Waals surface area contributed by atoms with Gasteiger partial charge in [-0.2, -0.15) is 26.3 Å². The summed E-state index contributed by atoms with van der Waals surface area (Å²) in [4.78, 5) is 0. The summed E-state index contributed by atoms with van der Waals surface area (Å²) in [6.07, 6.45) is -8.17. The van der Waals surface area contributed by atoms with Gasteiger partial charge in [-0.05, 0) is 32.6 Å². The van der Waals surface area contributed by atoms with Crippen LogP contribution in [-0.4, -0.2) is 46.6 Å². The lowest BCUT2D eigenvalue weighted by molar-refractivity contribution is -0.327. The maximum Gasteiger partial charge on any atom is 0.402 e. The lowest BCUT2D eigenvalue weighted by Crippen LogP contribution is -2.44. The average Bonchev–Trinajstić information content (AvgIpc) is 2.42. The molecular formula is C20H35F6O3PS. The van der Waals surface area contributed by atoms with Crippen LogP contribution in [0.4, 0.5) is 26.3 Å². The van der Waals surface area contributed by atoms with E-state index in [1.54, 1.807) is 13.3 Å². The van der Waals surface area contributed by atoms with Gasteiger partial charge >= 0.3 is 12.4 Å². The summed E-state index contributed by atoms with van der Waals surface area (Å²) in [5, 5.41) is 0.954. The van der Waals surface area contributed by atoms with Gasteiger partial charge in [0.1, 0.15) is 17.0 Å². The van der Waals surface area contributed by atoms with E-state index in [2.05, 4.69) is 27.7 Å². The summed E-state index contributed by atoms with van der Waals surface area (Å²) in [6.45, 7) is 12.5. The minimum atomic E-state index is -5.24. The van der Waals surface area contributed by atoms with Gasteiger partial charge in [0, 0.05) is 17.8 Å². The Morgan fingerprint density at radius 3 is 1.03 bits per heavy atom. The van der Waals surface area contributed by atoms with Crippen LogP contribution in [0.3, 0.4) is 0 Å².